The summed E-state index contributed by atoms with van der Waals surface area (Å²) in [6, 6.07) is 0. The molecule has 1 unspecified atom stereocenters. The average molecular weight is 415 g/mol. The zero-order chi connectivity index (χ0) is 14.1. The van der Waals surface area contributed by atoms with Crippen molar-refractivity contribution >= 4 is 41.7 Å². The van der Waals surface area contributed by atoms with E-state index in [-0.39, 0.29) is 24.0 Å². The highest BCUT2D eigenvalue weighted by molar-refractivity contribution is 14.0. The summed E-state index contributed by atoms with van der Waals surface area (Å²) < 4.78 is 5.22. The van der Waals surface area contributed by atoms with Crippen LogP contribution in [0.4, 0.5) is 0 Å². The maximum atomic E-state index is 5.22. The van der Waals surface area contributed by atoms with E-state index in [4.69, 9.17) is 4.74 Å². The molecule has 0 aromatic rings. The van der Waals surface area contributed by atoms with Crippen molar-refractivity contribution in [3.63, 3.8) is 0 Å². The molecule has 1 fully saturated rings. The van der Waals surface area contributed by atoms with Gasteiger partial charge in [0.15, 0.2) is 5.96 Å². The minimum atomic E-state index is 0. The van der Waals surface area contributed by atoms with E-state index < -0.39 is 0 Å². The molecule has 0 amide bonds. The normalized spacial score (nSPS) is 18.7. The fraction of sp³-hybridized carbons (Fsp3) is 0.929. The van der Waals surface area contributed by atoms with Crippen LogP contribution in [0, 0.1) is 5.41 Å². The van der Waals surface area contributed by atoms with Gasteiger partial charge in [-0.1, -0.05) is 13.3 Å². The van der Waals surface area contributed by atoms with Gasteiger partial charge in [-0.15, -0.1) is 24.0 Å². The van der Waals surface area contributed by atoms with Crippen molar-refractivity contribution in [2.24, 2.45) is 10.4 Å². The van der Waals surface area contributed by atoms with Gasteiger partial charge in [-0.2, -0.15) is 11.8 Å². The fourth-order valence-corrected chi connectivity index (χ4v) is 2.58. The molecular formula is C14H30IN3OS. The van der Waals surface area contributed by atoms with E-state index in [1.54, 1.807) is 7.11 Å². The Morgan fingerprint density at radius 1 is 1.40 bits per heavy atom. The van der Waals surface area contributed by atoms with Crippen LogP contribution >= 0.6 is 35.7 Å². The Kier molecular flexibility index (Phi) is 11.1. The van der Waals surface area contributed by atoms with E-state index in [0.29, 0.717) is 10.7 Å². The molecule has 1 aliphatic carbocycles. The number of halogens is 1. The van der Waals surface area contributed by atoms with Gasteiger partial charge in [-0.25, -0.2) is 0 Å². The maximum absolute atomic E-state index is 5.22. The molecule has 1 saturated carbocycles. The summed E-state index contributed by atoms with van der Waals surface area (Å²) in [5.41, 5.74) is 0.429. The molecule has 0 spiro atoms. The van der Waals surface area contributed by atoms with Gasteiger partial charge in [0.05, 0.1) is 0 Å². The van der Waals surface area contributed by atoms with Crippen molar-refractivity contribution < 1.29 is 4.74 Å². The zero-order valence-electron chi connectivity index (χ0n) is 13.2. The van der Waals surface area contributed by atoms with Crippen LogP contribution in [0.1, 0.15) is 32.6 Å². The minimum Gasteiger partial charge on any atom is -0.385 e. The topological polar surface area (TPSA) is 45.7 Å². The molecule has 4 nitrogen and oxygen atoms in total. The Labute approximate surface area is 145 Å². The van der Waals surface area contributed by atoms with Crippen LogP contribution in [-0.2, 0) is 4.74 Å². The zero-order valence-corrected chi connectivity index (χ0v) is 16.3. The average Bonchev–Trinajstić information content (AvgIpc) is 2.39. The number of hydrogen-bond donors (Lipinski definition) is 2. The number of ether oxygens (including phenoxy) is 1. The summed E-state index contributed by atoms with van der Waals surface area (Å²) in [5.74, 6) is 0.921. The van der Waals surface area contributed by atoms with Crippen molar-refractivity contribution in [2.45, 2.75) is 37.9 Å². The number of nitrogens with zero attached hydrogens (tertiary/aromatic N) is 1. The lowest BCUT2D eigenvalue weighted by molar-refractivity contribution is 0.0732. The highest BCUT2D eigenvalue weighted by atomic mass is 127. The van der Waals surface area contributed by atoms with E-state index in [1.807, 2.05) is 18.8 Å². The van der Waals surface area contributed by atoms with Crippen LogP contribution in [0.25, 0.3) is 0 Å². The SMILES string of the molecule is CN=C(NCC(C)SC)NCC1(CCOC)CCC1.I. The fourth-order valence-electron chi connectivity index (χ4n) is 2.33. The van der Waals surface area contributed by atoms with Crippen LogP contribution in [-0.4, -0.2) is 51.3 Å². The predicted molar refractivity (Wildman–Crippen MR) is 101 cm³/mol. The third kappa shape index (κ3) is 6.85. The second kappa shape index (κ2) is 11.0. The highest BCUT2D eigenvalue weighted by Gasteiger charge is 2.36. The number of rotatable bonds is 8. The second-order valence-electron chi connectivity index (χ2n) is 5.45. The lowest BCUT2D eigenvalue weighted by atomic mass is 9.67. The van der Waals surface area contributed by atoms with Gasteiger partial charge in [0, 0.05) is 39.1 Å². The summed E-state index contributed by atoms with van der Waals surface area (Å²) in [6.07, 6.45) is 7.25. The van der Waals surface area contributed by atoms with Gasteiger partial charge in [0.1, 0.15) is 0 Å². The molecule has 1 atom stereocenters. The molecule has 0 aromatic heterocycles. The minimum absolute atomic E-state index is 0. The molecule has 1 aliphatic rings. The van der Waals surface area contributed by atoms with Gasteiger partial charge < -0.3 is 15.4 Å². The summed E-state index contributed by atoms with van der Waals surface area (Å²) >= 11 is 1.87. The molecule has 1 rings (SSSR count). The molecule has 20 heavy (non-hydrogen) atoms. The first-order chi connectivity index (χ1) is 9.15. The first-order valence-corrected chi connectivity index (χ1v) is 8.41. The van der Waals surface area contributed by atoms with Gasteiger partial charge in [-0.05, 0) is 30.9 Å². The van der Waals surface area contributed by atoms with Gasteiger partial charge in [0.25, 0.3) is 0 Å². The number of methoxy groups -OCH3 is 1. The first kappa shape index (κ1) is 20.3. The maximum Gasteiger partial charge on any atom is 0.191 e. The number of aliphatic imine (C=N–C) groups is 1. The summed E-state index contributed by atoms with van der Waals surface area (Å²) in [5, 5.41) is 7.46. The first-order valence-electron chi connectivity index (χ1n) is 7.12. The smallest absolute Gasteiger partial charge is 0.191 e. The summed E-state index contributed by atoms with van der Waals surface area (Å²) in [6.45, 7) is 5.03. The van der Waals surface area contributed by atoms with E-state index in [2.05, 4.69) is 28.8 Å². The molecule has 120 valence electrons. The predicted octanol–water partition coefficient (Wildman–Crippen LogP) is 2.73. The summed E-state index contributed by atoms with van der Waals surface area (Å²) in [7, 11) is 3.62. The second-order valence-corrected chi connectivity index (χ2v) is 6.73. The van der Waals surface area contributed by atoms with E-state index in [0.717, 1.165) is 32.1 Å². The van der Waals surface area contributed by atoms with Crippen LogP contribution in [0.3, 0.4) is 0 Å². The van der Waals surface area contributed by atoms with Gasteiger partial charge >= 0.3 is 0 Å². The van der Waals surface area contributed by atoms with Crippen molar-refractivity contribution in [3.8, 4) is 0 Å². The Bertz CT molecular complexity index is 286. The van der Waals surface area contributed by atoms with E-state index in [1.165, 1.54) is 19.3 Å². The molecule has 0 aliphatic heterocycles. The molecule has 0 heterocycles. The Hall–Kier alpha value is 0.310. The summed E-state index contributed by atoms with van der Waals surface area (Å²) in [4.78, 5) is 4.29. The van der Waals surface area contributed by atoms with E-state index in [9.17, 15) is 0 Å². The van der Waals surface area contributed by atoms with Crippen LogP contribution in [0.2, 0.25) is 0 Å². The van der Waals surface area contributed by atoms with Gasteiger partial charge in [-0.3, -0.25) is 4.99 Å². The number of guanidine groups is 1. The van der Waals surface area contributed by atoms with Crippen molar-refractivity contribution in [1.29, 1.82) is 0 Å². The lowest BCUT2D eigenvalue weighted by Crippen LogP contribution is -2.47. The lowest BCUT2D eigenvalue weighted by Gasteiger charge is -2.42. The van der Waals surface area contributed by atoms with Crippen LogP contribution < -0.4 is 10.6 Å². The molecular weight excluding hydrogens is 385 g/mol. The van der Waals surface area contributed by atoms with Crippen molar-refractivity contribution in [3.05, 3.63) is 0 Å². The van der Waals surface area contributed by atoms with Crippen LogP contribution in [0.15, 0.2) is 4.99 Å². The number of hydrogen-bond acceptors (Lipinski definition) is 3. The third-order valence-electron chi connectivity index (χ3n) is 4.06. The van der Waals surface area contributed by atoms with Crippen LogP contribution in [0.5, 0.6) is 0 Å². The molecule has 2 N–H and O–H groups in total. The highest BCUT2D eigenvalue weighted by Crippen LogP contribution is 2.43. The molecule has 0 bridgehead atoms. The molecule has 0 aromatic carbocycles. The Morgan fingerprint density at radius 2 is 2.10 bits per heavy atom. The van der Waals surface area contributed by atoms with Crippen molar-refractivity contribution in [1.82, 2.24) is 10.6 Å². The number of thioether (sulfide) groups is 1. The molecule has 0 saturated heterocycles. The quantitative estimate of drug-likeness (QED) is 0.364. The standard InChI is InChI=1S/C14H29N3OS.HI/c1-12(19-4)10-16-13(15-2)17-11-14(6-5-7-14)8-9-18-3;/h12H,5-11H2,1-4H3,(H2,15,16,17);1H. The molecule has 0 radical (unpaired) electrons. The molecule has 6 heteroatoms. The monoisotopic (exact) mass is 415 g/mol. The van der Waals surface area contributed by atoms with Gasteiger partial charge in [0.2, 0.25) is 0 Å². The van der Waals surface area contributed by atoms with Crippen molar-refractivity contribution in [2.75, 3.05) is 40.1 Å². The number of nitrogens with one attached hydrogen (secondary N) is 2. The third-order valence-corrected chi connectivity index (χ3v) is 5.04. The largest absolute Gasteiger partial charge is 0.385 e. The Morgan fingerprint density at radius 3 is 2.55 bits per heavy atom. The van der Waals surface area contributed by atoms with E-state index >= 15 is 0 Å². The Balaban J connectivity index is 0.00000361.